The summed E-state index contributed by atoms with van der Waals surface area (Å²) < 4.78 is 13.1. The maximum atomic E-state index is 6.37. The minimum Gasteiger partial charge on any atom is -0.493 e. The van der Waals surface area contributed by atoms with Crippen molar-refractivity contribution in [1.29, 1.82) is 0 Å². The van der Waals surface area contributed by atoms with Gasteiger partial charge in [-0.25, -0.2) is 0 Å². The first kappa shape index (κ1) is 16.1. The normalized spacial score (nSPS) is 22.7. The van der Waals surface area contributed by atoms with Crippen molar-refractivity contribution in [2.24, 2.45) is 0 Å². The second-order valence-corrected chi connectivity index (χ2v) is 7.29. The molecule has 1 atom stereocenters. The van der Waals surface area contributed by atoms with E-state index in [0.29, 0.717) is 12.1 Å². The highest BCUT2D eigenvalue weighted by molar-refractivity contribution is 9.10. The number of hydrogen-bond donors (Lipinski definition) is 1. The molecule has 1 N–H and O–H groups in total. The van der Waals surface area contributed by atoms with E-state index < -0.39 is 0 Å². The zero-order valence-corrected chi connectivity index (χ0v) is 15.0. The topological polar surface area (TPSA) is 30.5 Å². The Kier molecular flexibility index (Phi) is 5.64. The molecule has 0 aromatic heterocycles. The molecule has 2 fully saturated rings. The van der Waals surface area contributed by atoms with Gasteiger partial charge in [0.25, 0.3) is 0 Å². The van der Waals surface area contributed by atoms with Crippen molar-refractivity contribution < 1.29 is 9.47 Å². The lowest BCUT2D eigenvalue weighted by Gasteiger charge is -2.26. The number of rotatable bonds is 5. The molecule has 0 radical (unpaired) electrons. The van der Waals surface area contributed by atoms with Crippen LogP contribution < -0.4 is 14.8 Å². The summed E-state index contributed by atoms with van der Waals surface area (Å²) in [6.07, 6.45) is 10.1. The van der Waals surface area contributed by atoms with Crippen LogP contribution >= 0.6 is 15.9 Å². The Bertz CT molecular complexity index is 494. The molecule has 0 spiro atoms. The van der Waals surface area contributed by atoms with Crippen LogP contribution in [-0.2, 0) is 6.42 Å². The largest absolute Gasteiger partial charge is 0.493 e. The van der Waals surface area contributed by atoms with Gasteiger partial charge in [0.05, 0.1) is 13.2 Å². The van der Waals surface area contributed by atoms with Crippen LogP contribution in [0.15, 0.2) is 16.6 Å². The molecule has 22 heavy (non-hydrogen) atoms. The second-order valence-electron chi connectivity index (χ2n) is 6.43. The number of halogens is 1. The first-order valence-electron chi connectivity index (χ1n) is 8.53. The van der Waals surface area contributed by atoms with E-state index in [1.54, 1.807) is 7.11 Å². The molecule has 1 saturated heterocycles. The van der Waals surface area contributed by atoms with Crippen LogP contribution in [0.2, 0.25) is 0 Å². The van der Waals surface area contributed by atoms with Gasteiger partial charge in [-0.2, -0.15) is 0 Å². The molecule has 1 heterocycles. The van der Waals surface area contributed by atoms with Crippen LogP contribution in [0, 0.1) is 0 Å². The Morgan fingerprint density at radius 1 is 1.14 bits per heavy atom. The van der Waals surface area contributed by atoms with Gasteiger partial charge in [-0.3, -0.25) is 0 Å². The van der Waals surface area contributed by atoms with E-state index in [1.165, 1.54) is 37.7 Å². The Hall–Kier alpha value is -0.740. The maximum Gasteiger partial charge on any atom is 0.165 e. The van der Waals surface area contributed by atoms with E-state index in [1.807, 2.05) is 6.07 Å². The van der Waals surface area contributed by atoms with Gasteiger partial charge < -0.3 is 14.8 Å². The molecule has 1 aromatic rings. The van der Waals surface area contributed by atoms with Gasteiger partial charge >= 0.3 is 0 Å². The lowest BCUT2D eigenvalue weighted by atomic mass is 9.97. The van der Waals surface area contributed by atoms with Crippen LogP contribution in [0.25, 0.3) is 0 Å². The molecular weight excluding hydrogens is 342 g/mol. The third-order valence-electron chi connectivity index (χ3n) is 4.84. The Balaban J connectivity index is 1.84. The second kappa shape index (κ2) is 7.69. The highest BCUT2D eigenvalue weighted by atomic mass is 79.9. The number of ether oxygens (including phenoxy) is 2. The first-order chi connectivity index (χ1) is 10.8. The standard InChI is InChI=1S/C18H26BrNO2/c1-21-17-10-9-16(19)15(12-13-6-4-5-11-20-13)18(17)22-14-7-2-3-8-14/h9-10,13-14,20H,2-8,11-12H2,1H3. The van der Waals surface area contributed by atoms with Crippen molar-refractivity contribution in [1.82, 2.24) is 5.32 Å². The molecule has 3 nitrogen and oxygen atoms in total. The minimum atomic E-state index is 0.348. The molecule has 1 aromatic carbocycles. The maximum absolute atomic E-state index is 6.37. The average molecular weight is 368 g/mol. The lowest BCUT2D eigenvalue weighted by Crippen LogP contribution is -2.35. The summed E-state index contributed by atoms with van der Waals surface area (Å²) in [7, 11) is 1.73. The SMILES string of the molecule is COc1ccc(Br)c(CC2CCCCN2)c1OC1CCCC1. The lowest BCUT2D eigenvalue weighted by molar-refractivity contribution is 0.197. The predicted octanol–water partition coefficient (Wildman–Crippen LogP) is 4.46. The van der Waals surface area contributed by atoms with Crippen LogP contribution in [0.5, 0.6) is 11.5 Å². The Morgan fingerprint density at radius 3 is 2.59 bits per heavy atom. The Labute approximate surface area is 141 Å². The number of benzene rings is 1. The van der Waals surface area contributed by atoms with E-state index in [9.17, 15) is 0 Å². The zero-order chi connectivity index (χ0) is 15.4. The van der Waals surface area contributed by atoms with Gasteiger partial charge in [0.2, 0.25) is 0 Å². The number of piperidine rings is 1. The summed E-state index contributed by atoms with van der Waals surface area (Å²) in [6.45, 7) is 1.13. The fourth-order valence-corrected chi connectivity index (χ4v) is 4.05. The monoisotopic (exact) mass is 367 g/mol. The molecule has 1 unspecified atom stereocenters. The van der Waals surface area contributed by atoms with Gasteiger partial charge in [-0.05, 0) is 63.6 Å². The summed E-state index contributed by atoms with van der Waals surface area (Å²) in [4.78, 5) is 0. The molecule has 0 bridgehead atoms. The minimum absolute atomic E-state index is 0.348. The van der Waals surface area contributed by atoms with Crippen molar-refractivity contribution in [2.75, 3.05) is 13.7 Å². The third-order valence-corrected chi connectivity index (χ3v) is 5.58. The summed E-state index contributed by atoms with van der Waals surface area (Å²) in [5.41, 5.74) is 1.26. The third kappa shape index (κ3) is 3.77. The number of hydrogen-bond acceptors (Lipinski definition) is 3. The molecule has 1 aliphatic carbocycles. The quantitative estimate of drug-likeness (QED) is 0.832. The predicted molar refractivity (Wildman–Crippen MR) is 92.9 cm³/mol. The van der Waals surface area contributed by atoms with Gasteiger partial charge in [-0.1, -0.05) is 22.4 Å². The van der Waals surface area contributed by atoms with Crippen molar-refractivity contribution in [3.05, 3.63) is 22.2 Å². The molecule has 1 saturated carbocycles. The van der Waals surface area contributed by atoms with E-state index in [4.69, 9.17) is 9.47 Å². The van der Waals surface area contributed by atoms with Crippen LogP contribution in [0.1, 0.15) is 50.5 Å². The zero-order valence-electron chi connectivity index (χ0n) is 13.4. The van der Waals surface area contributed by atoms with E-state index in [0.717, 1.165) is 41.8 Å². The average Bonchev–Trinajstić information content (AvgIpc) is 3.05. The van der Waals surface area contributed by atoms with Crippen molar-refractivity contribution in [3.8, 4) is 11.5 Å². The van der Waals surface area contributed by atoms with Crippen molar-refractivity contribution in [3.63, 3.8) is 0 Å². The summed E-state index contributed by atoms with van der Waals surface area (Å²) >= 11 is 3.72. The number of methoxy groups -OCH3 is 1. The molecular formula is C18H26BrNO2. The fraction of sp³-hybridized carbons (Fsp3) is 0.667. The van der Waals surface area contributed by atoms with Crippen molar-refractivity contribution in [2.45, 2.75) is 63.5 Å². The molecule has 1 aliphatic heterocycles. The van der Waals surface area contributed by atoms with Gasteiger partial charge in [0.15, 0.2) is 11.5 Å². The molecule has 2 aliphatic rings. The number of nitrogens with one attached hydrogen (secondary N) is 1. The van der Waals surface area contributed by atoms with Crippen LogP contribution in [-0.4, -0.2) is 25.8 Å². The van der Waals surface area contributed by atoms with E-state index >= 15 is 0 Å². The van der Waals surface area contributed by atoms with Crippen LogP contribution in [0.3, 0.4) is 0 Å². The molecule has 122 valence electrons. The fourth-order valence-electron chi connectivity index (χ4n) is 3.58. The highest BCUT2D eigenvalue weighted by Gasteiger charge is 2.24. The van der Waals surface area contributed by atoms with Gasteiger partial charge in [-0.15, -0.1) is 0 Å². The van der Waals surface area contributed by atoms with Gasteiger partial charge in [0, 0.05) is 16.1 Å². The molecule has 4 heteroatoms. The summed E-state index contributed by atoms with van der Waals surface area (Å²) in [6, 6.07) is 4.63. The smallest absolute Gasteiger partial charge is 0.165 e. The summed E-state index contributed by atoms with van der Waals surface area (Å²) in [5, 5.41) is 3.64. The molecule has 0 amide bonds. The molecule has 3 rings (SSSR count). The first-order valence-corrected chi connectivity index (χ1v) is 9.32. The van der Waals surface area contributed by atoms with Crippen molar-refractivity contribution >= 4 is 15.9 Å². The van der Waals surface area contributed by atoms with Gasteiger partial charge in [0.1, 0.15) is 0 Å². The highest BCUT2D eigenvalue weighted by Crippen LogP contribution is 2.39. The van der Waals surface area contributed by atoms with E-state index in [-0.39, 0.29) is 0 Å². The van der Waals surface area contributed by atoms with Crippen LogP contribution in [0.4, 0.5) is 0 Å². The Morgan fingerprint density at radius 2 is 1.91 bits per heavy atom. The van der Waals surface area contributed by atoms with E-state index in [2.05, 4.69) is 27.3 Å². The summed E-state index contributed by atoms with van der Waals surface area (Å²) in [5.74, 6) is 1.82.